The van der Waals surface area contributed by atoms with Gasteiger partial charge in [-0.1, -0.05) is 0 Å². The van der Waals surface area contributed by atoms with Gasteiger partial charge in [0, 0.05) is 10.8 Å². The van der Waals surface area contributed by atoms with Crippen LogP contribution in [0.4, 0.5) is 0 Å². The number of carbonyl (C=O) groups is 2. The van der Waals surface area contributed by atoms with Crippen LogP contribution in [0.1, 0.15) is 41.2 Å². The van der Waals surface area contributed by atoms with Crippen molar-refractivity contribution in [2.45, 2.75) is 39.7 Å². The number of ether oxygens (including phenoxy) is 2. The van der Waals surface area contributed by atoms with E-state index in [0.717, 1.165) is 17.7 Å². The summed E-state index contributed by atoms with van der Waals surface area (Å²) in [4.78, 5) is 26.6. The molecule has 1 aromatic heterocycles. The number of ketones is 2. The van der Waals surface area contributed by atoms with Crippen LogP contribution in [-0.4, -0.2) is 30.2 Å². The van der Waals surface area contributed by atoms with Crippen LogP contribution >= 0.6 is 38.9 Å². The van der Waals surface area contributed by atoms with Gasteiger partial charge in [0.15, 0.2) is 5.78 Å². The maximum absolute atomic E-state index is 12.9. The van der Waals surface area contributed by atoms with Gasteiger partial charge in [-0.15, -0.1) is 22.9 Å². The molecule has 4 nitrogen and oxygen atoms in total. The summed E-state index contributed by atoms with van der Waals surface area (Å²) in [5, 5.41) is 0. The highest BCUT2D eigenvalue weighted by Crippen LogP contribution is 2.42. The minimum absolute atomic E-state index is 0.0486. The monoisotopic (exact) mass is 434 g/mol. The fraction of sp³-hybridized carbons (Fsp3) is 0.529. The third-order valence-electron chi connectivity index (χ3n) is 3.54. The van der Waals surface area contributed by atoms with E-state index < -0.39 is 0 Å². The number of Topliss-reactive ketones (excluding diaryl/α,β-unsaturated/α-hetero) is 2. The highest BCUT2D eigenvalue weighted by atomic mass is 79.9. The number of rotatable bonds is 9. The second-order valence-corrected chi connectivity index (χ2v) is 7.99. The van der Waals surface area contributed by atoms with Gasteiger partial charge in [-0.2, -0.15) is 0 Å². The number of allylic oxidation sites excluding steroid dienone is 1. The molecule has 1 aliphatic rings. The van der Waals surface area contributed by atoms with Gasteiger partial charge in [0.2, 0.25) is 5.78 Å². The molecule has 24 heavy (non-hydrogen) atoms. The van der Waals surface area contributed by atoms with Crippen molar-refractivity contribution in [1.82, 2.24) is 0 Å². The topological polar surface area (TPSA) is 52.6 Å². The average Bonchev–Trinajstić information content (AvgIpc) is 3.37. The Hall–Kier alpha value is -0.850. The van der Waals surface area contributed by atoms with Crippen molar-refractivity contribution >= 4 is 50.4 Å². The van der Waals surface area contributed by atoms with Crippen molar-refractivity contribution in [2.75, 3.05) is 12.5 Å². The SMILES string of the molecule is CCOC=C(C(=O)c1sc(C)c(OC(C)CCl)c1Br)C(=O)C1CC1. The molecule has 0 saturated heterocycles. The van der Waals surface area contributed by atoms with Gasteiger partial charge >= 0.3 is 0 Å². The predicted octanol–water partition coefficient (Wildman–Crippen LogP) is 4.91. The van der Waals surface area contributed by atoms with E-state index in [4.69, 9.17) is 21.1 Å². The van der Waals surface area contributed by atoms with Gasteiger partial charge in [0.25, 0.3) is 0 Å². The van der Waals surface area contributed by atoms with E-state index in [2.05, 4.69) is 15.9 Å². The zero-order chi connectivity index (χ0) is 17.9. The predicted molar refractivity (Wildman–Crippen MR) is 99.3 cm³/mol. The second kappa shape index (κ2) is 8.50. The number of alkyl halides is 1. The van der Waals surface area contributed by atoms with Crippen LogP contribution in [0.15, 0.2) is 16.3 Å². The molecule has 1 heterocycles. The number of hydrogen-bond donors (Lipinski definition) is 0. The molecule has 1 fully saturated rings. The molecule has 132 valence electrons. The maximum Gasteiger partial charge on any atom is 0.210 e. The molecular weight excluding hydrogens is 416 g/mol. The van der Waals surface area contributed by atoms with Crippen LogP contribution in [0.2, 0.25) is 0 Å². The lowest BCUT2D eigenvalue weighted by Gasteiger charge is -2.12. The summed E-state index contributed by atoms with van der Waals surface area (Å²) in [6, 6.07) is 0. The Morgan fingerprint density at radius 3 is 2.67 bits per heavy atom. The molecule has 0 spiro atoms. The maximum atomic E-state index is 12.9. The number of thiophene rings is 1. The summed E-state index contributed by atoms with van der Waals surface area (Å²) in [6.07, 6.45) is 2.79. The fourth-order valence-electron chi connectivity index (χ4n) is 2.09. The lowest BCUT2D eigenvalue weighted by atomic mass is 10.0. The first-order valence-electron chi connectivity index (χ1n) is 7.82. The summed E-state index contributed by atoms with van der Waals surface area (Å²) in [5.41, 5.74) is 0.109. The van der Waals surface area contributed by atoms with Crippen LogP contribution in [0, 0.1) is 12.8 Å². The quantitative estimate of drug-likeness (QED) is 0.138. The highest BCUT2D eigenvalue weighted by molar-refractivity contribution is 9.10. The van der Waals surface area contributed by atoms with Crippen LogP contribution in [0.5, 0.6) is 5.75 Å². The Labute approximate surface area is 159 Å². The molecule has 2 rings (SSSR count). The Kier molecular flexibility index (Phi) is 6.89. The van der Waals surface area contributed by atoms with E-state index in [1.54, 1.807) is 0 Å². The molecule has 1 atom stereocenters. The first kappa shape index (κ1) is 19.5. The minimum Gasteiger partial charge on any atom is -0.501 e. The molecule has 0 aliphatic heterocycles. The van der Waals surface area contributed by atoms with Crippen LogP contribution in [-0.2, 0) is 9.53 Å². The second-order valence-electron chi connectivity index (χ2n) is 5.67. The number of halogens is 2. The van der Waals surface area contributed by atoms with Crippen LogP contribution in [0.25, 0.3) is 0 Å². The standard InChI is InChI=1S/C17H20BrClO4S/c1-4-22-8-12(14(20)11-5-6-11)15(21)17-13(18)16(10(3)24-17)23-9(2)7-19/h8-9,11H,4-7H2,1-3H3. The Balaban J connectivity index is 2.32. The fourth-order valence-corrected chi connectivity index (χ4v) is 4.04. The smallest absolute Gasteiger partial charge is 0.210 e. The van der Waals surface area contributed by atoms with Crippen LogP contribution in [0.3, 0.4) is 0 Å². The molecule has 0 aromatic carbocycles. The average molecular weight is 436 g/mol. The van der Waals surface area contributed by atoms with Crippen molar-refractivity contribution < 1.29 is 19.1 Å². The summed E-state index contributed by atoms with van der Waals surface area (Å²) < 4.78 is 11.6. The Bertz CT molecular complexity index is 664. The normalized spacial score (nSPS) is 16.0. The molecule has 1 saturated carbocycles. The van der Waals surface area contributed by atoms with Gasteiger partial charge in [-0.3, -0.25) is 9.59 Å². The third-order valence-corrected chi connectivity index (χ3v) is 6.08. The zero-order valence-electron chi connectivity index (χ0n) is 13.9. The van der Waals surface area contributed by atoms with Gasteiger partial charge in [-0.25, -0.2) is 0 Å². The van der Waals surface area contributed by atoms with Gasteiger partial charge in [0.05, 0.1) is 28.1 Å². The van der Waals surface area contributed by atoms with Crippen molar-refractivity contribution in [1.29, 1.82) is 0 Å². The summed E-state index contributed by atoms with van der Waals surface area (Å²) in [7, 11) is 0. The Morgan fingerprint density at radius 1 is 1.46 bits per heavy atom. The van der Waals surface area contributed by atoms with Gasteiger partial charge < -0.3 is 9.47 Å². The van der Waals surface area contributed by atoms with Crippen molar-refractivity contribution in [3.63, 3.8) is 0 Å². The lowest BCUT2D eigenvalue weighted by molar-refractivity contribution is -0.116. The molecular formula is C17H20BrClO4S. The molecule has 0 N–H and O–H groups in total. The number of aryl methyl sites for hydroxylation is 1. The lowest BCUT2D eigenvalue weighted by Crippen LogP contribution is -2.16. The van der Waals surface area contributed by atoms with E-state index in [9.17, 15) is 9.59 Å². The Morgan fingerprint density at radius 2 is 2.12 bits per heavy atom. The zero-order valence-corrected chi connectivity index (χ0v) is 17.0. The minimum atomic E-state index is -0.325. The summed E-state index contributed by atoms with van der Waals surface area (Å²) >= 11 is 10.5. The van der Waals surface area contributed by atoms with Crippen molar-refractivity contribution in [2.24, 2.45) is 5.92 Å². The molecule has 1 unspecified atom stereocenters. The first-order valence-corrected chi connectivity index (χ1v) is 9.97. The first-order chi connectivity index (χ1) is 11.4. The van der Waals surface area contributed by atoms with E-state index in [1.807, 2.05) is 20.8 Å². The molecule has 0 bridgehead atoms. The van der Waals surface area contributed by atoms with Gasteiger partial charge in [0.1, 0.15) is 17.4 Å². The van der Waals surface area contributed by atoms with Crippen LogP contribution < -0.4 is 4.74 Å². The number of carbonyl (C=O) groups excluding carboxylic acids is 2. The number of hydrogen-bond acceptors (Lipinski definition) is 5. The largest absolute Gasteiger partial charge is 0.501 e. The molecule has 0 radical (unpaired) electrons. The molecule has 7 heteroatoms. The highest BCUT2D eigenvalue weighted by Gasteiger charge is 2.36. The molecule has 0 amide bonds. The van der Waals surface area contributed by atoms with Crippen molar-refractivity contribution in [3.05, 3.63) is 26.1 Å². The molecule has 1 aromatic rings. The van der Waals surface area contributed by atoms with E-state index in [0.29, 0.717) is 27.6 Å². The summed E-state index contributed by atoms with van der Waals surface area (Å²) in [6.45, 7) is 5.94. The molecule has 1 aliphatic carbocycles. The van der Waals surface area contributed by atoms with E-state index in [1.165, 1.54) is 17.6 Å². The van der Waals surface area contributed by atoms with E-state index >= 15 is 0 Å². The summed E-state index contributed by atoms with van der Waals surface area (Å²) in [5.74, 6) is 0.441. The van der Waals surface area contributed by atoms with E-state index in [-0.39, 0.29) is 29.2 Å². The van der Waals surface area contributed by atoms with Crippen molar-refractivity contribution in [3.8, 4) is 5.75 Å². The third kappa shape index (κ3) is 4.41. The van der Waals surface area contributed by atoms with Gasteiger partial charge in [-0.05, 0) is 49.5 Å².